The third kappa shape index (κ3) is 4.23. The van der Waals surface area contributed by atoms with Crippen LogP contribution in [0.1, 0.15) is 68.6 Å². The van der Waals surface area contributed by atoms with Crippen LogP contribution in [0.5, 0.6) is 5.88 Å². The second-order valence-electron chi connectivity index (χ2n) is 9.82. The fourth-order valence-electron chi connectivity index (χ4n) is 4.03. The molecule has 4 heterocycles. The van der Waals surface area contributed by atoms with Crippen molar-refractivity contribution in [1.82, 2.24) is 15.0 Å². The van der Waals surface area contributed by atoms with E-state index in [1.165, 1.54) is 0 Å². The van der Waals surface area contributed by atoms with Crippen LogP contribution in [0.2, 0.25) is 0 Å². The number of anilines is 2. The average molecular weight is 448 g/mol. The molecule has 0 aromatic carbocycles. The number of nitrogens with two attached hydrogens (primary N) is 1. The molecule has 0 amide bonds. The van der Waals surface area contributed by atoms with E-state index in [2.05, 4.69) is 27.2 Å². The van der Waals surface area contributed by atoms with E-state index in [-0.39, 0.29) is 12.1 Å². The van der Waals surface area contributed by atoms with E-state index in [4.69, 9.17) is 15.2 Å². The molecule has 0 saturated heterocycles. The number of cyclic esters (lactones) is 1. The van der Waals surface area contributed by atoms with Crippen molar-refractivity contribution in [2.75, 3.05) is 5.32 Å². The summed E-state index contributed by atoms with van der Waals surface area (Å²) in [7, 11) is 0. The summed E-state index contributed by atoms with van der Waals surface area (Å²) in [6.07, 6.45) is 7.24. The van der Waals surface area contributed by atoms with E-state index in [0.29, 0.717) is 35.2 Å². The van der Waals surface area contributed by atoms with Crippen LogP contribution in [0.15, 0.2) is 30.6 Å². The molecule has 1 fully saturated rings. The molecule has 3 aromatic heterocycles. The molecule has 1 atom stereocenters. The first-order valence-electron chi connectivity index (χ1n) is 11.4. The first kappa shape index (κ1) is 21.6. The summed E-state index contributed by atoms with van der Waals surface area (Å²) < 4.78 is 11.5. The van der Waals surface area contributed by atoms with Gasteiger partial charge in [-0.2, -0.15) is 0 Å². The lowest BCUT2D eigenvalue weighted by atomic mass is 9.88. The van der Waals surface area contributed by atoms with Gasteiger partial charge in [-0.05, 0) is 69.2 Å². The quantitative estimate of drug-likeness (QED) is 0.535. The number of rotatable bonds is 6. The summed E-state index contributed by atoms with van der Waals surface area (Å²) in [5.41, 5.74) is 7.64. The minimum absolute atomic E-state index is 0.232. The van der Waals surface area contributed by atoms with Crippen LogP contribution in [0.25, 0.3) is 10.8 Å². The van der Waals surface area contributed by atoms with Crippen molar-refractivity contribution in [3.05, 3.63) is 47.4 Å². The standard InChI is InChI=1S/C25H29N5O3/c1-5-25(4,26)18-13-28-22(32-14-6-7-14)17-12-27-21(10-16(17)18)30-20-9-8-15-19(29-20)11-24(2,3)33-23(15)31/h8-10,12-14H,5-7,11,26H2,1-4H3,(H,27,29,30). The number of pyridine rings is 3. The maximum absolute atomic E-state index is 12.3. The van der Waals surface area contributed by atoms with Gasteiger partial charge in [0.2, 0.25) is 5.88 Å². The van der Waals surface area contributed by atoms with E-state index in [1.54, 1.807) is 18.3 Å². The van der Waals surface area contributed by atoms with Gasteiger partial charge in [-0.25, -0.2) is 19.7 Å². The van der Waals surface area contributed by atoms with Gasteiger partial charge in [0.05, 0.1) is 16.6 Å². The van der Waals surface area contributed by atoms with E-state index in [1.807, 2.05) is 33.0 Å². The first-order valence-corrected chi connectivity index (χ1v) is 11.4. The van der Waals surface area contributed by atoms with Crippen LogP contribution in [0.4, 0.5) is 11.6 Å². The smallest absolute Gasteiger partial charge is 0.340 e. The Morgan fingerprint density at radius 1 is 1.21 bits per heavy atom. The lowest BCUT2D eigenvalue weighted by Gasteiger charge is -2.30. The van der Waals surface area contributed by atoms with Crippen LogP contribution in [0.3, 0.4) is 0 Å². The third-order valence-corrected chi connectivity index (χ3v) is 6.30. The Morgan fingerprint density at radius 3 is 2.73 bits per heavy atom. The summed E-state index contributed by atoms with van der Waals surface area (Å²) in [5.74, 6) is 1.49. The molecule has 0 radical (unpaired) electrons. The molecule has 33 heavy (non-hydrogen) atoms. The van der Waals surface area contributed by atoms with Crippen LogP contribution in [-0.4, -0.2) is 32.6 Å². The lowest BCUT2D eigenvalue weighted by molar-refractivity contribution is -0.00714. The molecule has 3 aromatic rings. The SMILES string of the molecule is CCC(C)(N)c1cnc(OC2CC2)c2cnc(Nc3ccc4c(n3)CC(C)(C)OC4=O)cc12. The summed E-state index contributed by atoms with van der Waals surface area (Å²) in [6, 6.07) is 5.47. The highest BCUT2D eigenvalue weighted by Gasteiger charge is 2.33. The monoisotopic (exact) mass is 447 g/mol. The lowest BCUT2D eigenvalue weighted by Crippen LogP contribution is -2.36. The predicted molar refractivity (Wildman–Crippen MR) is 126 cm³/mol. The van der Waals surface area contributed by atoms with Crippen LogP contribution >= 0.6 is 0 Å². The Kier molecular flexibility index (Phi) is 5.01. The van der Waals surface area contributed by atoms with Crippen LogP contribution < -0.4 is 15.8 Å². The molecule has 0 spiro atoms. The molecule has 1 aliphatic carbocycles. The normalized spacial score (nSPS) is 18.9. The molecule has 2 aliphatic rings. The zero-order valence-electron chi connectivity index (χ0n) is 19.4. The second-order valence-corrected chi connectivity index (χ2v) is 9.82. The molecule has 0 bridgehead atoms. The molecule has 8 nitrogen and oxygen atoms in total. The fourth-order valence-corrected chi connectivity index (χ4v) is 4.03. The van der Waals surface area contributed by atoms with Gasteiger partial charge in [0.1, 0.15) is 23.3 Å². The van der Waals surface area contributed by atoms with Crippen molar-refractivity contribution >= 4 is 28.4 Å². The Balaban J connectivity index is 1.53. The van der Waals surface area contributed by atoms with Crippen molar-refractivity contribution < 1.29 is 14.3 Å². The second kappa shape index (κ2) is 7.66. The van der Waals surface area contributed by atoms with Gasteiger partial charge in [-0.1, -0.05) is 6.92 Å². The number of esters is 1. The van der Waals surface area contributed by atoms with E-state index >= 15 is 0 Å². The van der Waals surface area contributed by atoms with Crippen molar-refractivity contribution in [3.8, 4) is 5.88 Å². The first-order chi connectivity index (χ1) is 15.6. The van der Waals surface area contributed by atoms with Gasteiger partial charge in [-0.3, -0.25) is 0 Å². The van der Waals surface area contributed by atoms with Gasteiger partial charge in [0, 0.05) is 24.4 Å². The fraction of sp³-hybridized carbons (Fsp3) is 0.440. The summed E-state index contributed by atoms with van der Waals surface area (Å²) in [6.45, 7) is 7.83. The van der Waals surface area contributed by atoms with Gasteiger partial charge in [-0.15, -0.1) is 0 Å². The maximum Gasteiger partial charge on any atom is 0.340 e. The number of aromatic nitrogens is 3. The highest BCUT2D eigenvalue weighted by molar-refractivity contribution is 5.93. The molecule has 1 unspecified atom stereocenters. The predicted octanol–water partition coefficient (Wildman–Crippen LogP) is 4.39. The average Bonchev–Trinajstić information content (AvgIpc) is 3.56. The van der Waals surface area contributed by atoms with E-state index in [0.717, 1.165) is 35.6 Å². The molecule has 8 heteroatoms. The van der Waals surface area contributed by atoms with Crippen molar-refractivity contribution in [2.24, 2.45) is 5.73 Å². The van der Waals surface area contributed by atoms with Crippen LogP contribution in [-0.2, 0) is 16.7 Å². The molecule has 5 rings (SSSR count). The Labute approximate surface area is 192 Å². The minimum atomic E-state index is -0.581. The van der Waals surface area contributed by atoms with Gasteiger partial charge < -0.3 is 20.5 Å². The topological polar surface area (TPSA) is 112 Å². The molecule has 1 saturated carbocycles. The van der Waals surface area contributed by atoms with Gasteiger partial charge in [0.15, 0.2) is 0 Å². The molecular weight excluding hydrogens is 418 g/mol. The Hall–Kier alpha value is -3.26. The number of carbonyl (C=O) groups excluding carboxylic acids is 1. The highest BCUT2D eigenvalue weighted by Crippen LogP contribution is 2.36. The van der Waals surface area contributed by atoms with Crippen LogP contribution in [0, 0.1) is 0 Å². The molecule has 172 valence electrons. The summed E-state index contributed by atoms with van der Waals surface area (Å²) in [5, 5.41) is 5.08. The number of ether oxygens (including phenoxy) is 2. The number of nitrogens with one attached hydrogen (secondary N) is 1. The van der Waals surface area contributed by atoms with Crippen molar-refractivity contribution in [1.29, 1.82) is 0 Å². The van der Waals surface area contributed by atoms with E-state index < -0.39 is 11.1 Å². The van der Waals surface area contributed by atoms with Crippen molar-refractivity contribution in [3.63, 3.8) is 0 Å². The highest BCUT2D eigenvalue weighted by atomic mass is 16.6. The molecule has 1 aliphatic heterocycles. The third-order valence-electron chi connectivity index (χ3n) is 6.30. The number of carbonyl (C=O) groups is 1. The Bertz CT molecular complexity index is 1250. The van der Waals surface area contributed by atoms with Gasteiger partial charge in [0.25, 0.3) is 0 Å². The van der Waals surface area contributed by atoms with Crippen molar-refractivity contribution in [2.45, 2.75) is 70.6 Å². The molecular formula is C25H29N5O3. The zero-order chi connectivity index (χ0) is 23.4. The Morgan fingerprint density at radius 2 is 2.00 bits per heavy atom. The zero-order valence-corrected chi connectivity index (χ0v) is 19.4. The maximum atomic E-state index is 12.3. The summed E-state index contributed by atoms with van der Waals surface area (Å²) in [4.78, 5) is 26.1. The number of hydrogen-bond donors (Lipinski definition) is 2. The van der Waals surface area contributed by atoms with Gasteiger partial charge >= 0.3 is 5.97 Å². The molecule has 3 N–H and O–H groups in total. The largest absolute Gasteiger partial charge is 0.474 e. The number of hydrogen-bond acceptors (Lipinski definition) is 8. The van der Waals surface area contributed by atoms with E-state index in [9.17, 15) is 4.79 Å². The number of nitrogens with zero attached hydrogens (tertiary/aromatic N) is 3. The number of fused-ring (bicyclic) bond motifs is 2. The summed E-state index contributed by atoms with van der Waals surface area (Å²) >= 11 is 0. The minimum Gasteiger partial charge on any atom is -0.474 e.